The molecule has 0 rings (SSSR count). The second kappa shape index (κ2) is 18.9. The topological polar surface area (TPSA) is 59.6 Å². The SMILES string of the molecule is C=C(C)C(=O)NOCCCCCCOCCNC.C=CC(C)C. The zero-order valence-electron chi connectivity index (χ0n) is 15.5. The van der Waals surface area contributed by atoms with Crippen molar-refractivity contribution in [2.75, 3.05) is 33.4 Å². The van der Waals surface area contributed by atoms with E-state index in [-0.39, 0.29) is 5.91 Å². The van der Waals surface area contributed by atoms with Gasteiger partial charge in [-0.3, -0.25) is 9.63 Å². The first kappa shape index (κ1) is 24.1. The highest BCUT2D eigenvalue weighted by Crippen LogP contribution is 2.00. The second-order valence-electron chi connectivity index (χ2n) is 5.67. The van der Waals surface area contributed by atoms with Crippen LogP contribution in [-0.2, 0) is 14.4 Å². The Bertz CT molecular complexity index is 305. The van der Waals surface area contributed by atoms with Crippen molar-refractivity contribution in [1.29, 1.82) is 0 Å². The lowest BCUT2D eigenvalue weighted by atomic mass is 10.2. The molecule has 0 aliphatic heterocycles. The van der Waals surface area contributed by atoms with Gasteiger partial charge in [0.2, 0.25) is 0 Å². The number of likely N-dealkylation sites (N-methyl/N-ethyl adjacent to an activating group) is 1. The average molecular weight is 328 g/mol. The van der Waals surface area contributed by atoms with E-state index in [2.05, 4.69) is 37.8 Å². The molecular formula is C18H36N2O3. The monoisotopic (exact) mass is 328 g/mol. The van der Waals surface area contributed by atoms with Crippen LogP contribution in [0, 0.1) is 5.92 Å². The van der Waals surface area contributed by atoms with Crippen molar-refractivity contribution in [3.05, 3.63) is 24.8 Å². The predicted molar refractivity (Wildman–Crippen MR) is 97.2 cm³/mol. The van der Waals surface area contributed by atoms with Gasteiger partial charge in [-0.05, 0) is 32.7 Å². The molecule has 5 nitrogen and oxygen atoms in total. The van der Waals surface area contributed by atoms with Crippen molar-refractivity contribution in [3.63, 3.8) is 0 Å². The average Bonchev–Trinajstić information content (AvgIpc) is 2.52. The number of carbonyl (C=O) groups excluding carboxylic acids is 1. The highest BCUT2D eigenvalue weighted by atomic mass is 16.6. The molecule has 0 unspecified atom stereocenters. The summed E-state index contributed by atoms with van der Waals surface area (Å²) in [4.78, 5) is 16.1. The van der Waals surface area contributed by atoms with Crippen LogP contribution in [0.3, 0.4) is 0 Å². The fourth-order valence-electron chi connectivity index (χ4n) is 1.21. The zero-order valence-corrected chi connectivity index (χ0v) is 15.5. The first-order valence-electron chi connectivity index (χ1n) is 8.38. The van der Waals surface area contributed by atoms with Crippen LogP contribution < -0.4 is 10.8 Å². The van der Waals surface area contributed by atoms with Gasteiger partial charge in [0, 0.05) is 18.7 Å². The van der Waals surface area contributed by atoms with Gasteiger partial charge in [-0.15, -0.1) is 6.58 Å². The number of hydroxylamine groups is 1. The molecule has 136 valence electrons. The van der Waals surface area contributed by atoms with Crippen LogP contribution in [-0.4, -0.2) is 39.3 Å². The normalized spacial score (nSPS) is 9.96. The third-order valence-corrected chi connectivity index (χ3v) is 2.81. The quantitative estimate of drug-likeness (QED) is 0.236. The van der Waals surface area contributed by atoms with Gasteiger partial charge < -0.3 is 10.1 Å². The van der Waals surface area contributed by atoms with Gasteiger partial charge in [-0.2, -0.15) is 0 Å². The Hall–Kier alpha value is -1.17. The minimum absolute atomic E-state index is 0.257. The molecule has 0 fully saturated rings. The molecule has 0 aromatic rings. The third kappa shape index (κ3) is 23.2. The lowest BCUT2D eigenvalue weighted by molar-refractivity contribution is -0.129. The molecule has 0 spiro atoms. The summed E-state index contributed by atoms with van der Waals surface area (Å²) < 4.78 is 5.40. The summed E-state index contributed by atoms with van der Waals surface area (Å²) in [5.41, 5.74) is 2.79. The maximum Gasteiger partial charge on any atom is 0.269 e. The van der Waals surface area contributed by atoms with Crippen molar-refractivity contribution in [2.24, 2.45) is 5.92 Å². The van der Waals surface area contributed by atoms with Crippen molar-refractivity contribution in [2.45, 2.75) is 46.5 Å². The van der Waals surface area contributed by atoms with Crippen LogP contribution in [0.25, 0.3) is 0 Å². The molecule has 0 aromatic carbocycles. The lowest BCUT2D eigenvalue weighted by Gasteiger charge is -2.06. The predicted octanol–water partition coefficient (Wildman–Crippen LogP) is 3.24. The summed E-state index contributed by atoms with van der Waals surface area (Å²) in [7, 11) is 1.91. The zero-order chi connectivity index (χ0) is 17.9. The molecule has 0 saturated carbocycles. The molecule has 0 aromatic heterocycles. The third-order valence-electron chi connectivity index (χ3n) is 2.81. The molecule has 0 atom stereocenters. The Labute approximate surface area is 142 Å². The molecule has 1 amide bonds. The van der Waals surface area contributed by atoms with E-state index in [9.17, 15) is 4.79 Å². The molecule has 5 heteroatoms. The van der Waals surface area contributed by atoms with Crippen molar-refractivity contribution in [3.8, 4) is 0 Å². The smallest absolute Gasteiger partial charge is 0.269 e. The van der Waals surface area contributed by atoms with Crippen LogP contribution >= 0.6 is 0 Å². The summed E-state index contributed by atoms with van der Waals surface area (Å²) in [6.45, 7) is 16.0. The summed E-state index contributed by atoms with van der Waals surface area (Å²) in [6.07, 6.45) is 6.13. The highest BCUT2D eigenvalue weighted by Gasteiger charge is 1.99. The van der Waals surface area contributed by atoms with Gasteiger partial charge >= 0.3 is 0 Å². The number of unbranched alkanes of at least 4 members (excludes halogenated alkanes) is 3. The van der Waals surface area contributed by atoms with Gasteiger partial charge in [0.25, 0.3) is 5.91 Å². The molecule has 0 aliphatic rings. The molecule has 0 radical (unpaired) electrons. The van der Waals surface area contributed by atoms with Crippen LogP contribution in [0.4, 0.5) is 0 Å². The molecule has 0 saturated heterocycles. The number of rotatable bonds is 13. The largest absolute Gasteiger partial charge is 0.380 e. The van der Waals surface area contributed by atoms with Crippen molar-refractivity contribution < 1.29 is 14.4 Å². The lowest BCUT2D eigenvalue weighted by Crippen LogP contribution is -2.24. The van der Waals surface area contributed by atoms with Gasteiger partial charge in [0.1, 0.15) is 0 Å². The number of carbonyl (C=O) groups is 1. The molecule has 0 heterocycles. The Morgan fingerprint density at radius 1 is 1.13 bits per heavy atom. The number of hydrogen-bond acceptors (Lipinski definition) is 4. The summed E-state index contributed by atoms with van der Waals surface area (Å²) in [5, 5.41) is 3.03. The van der Waals surface area contributed by atoms with Crippen LogP contribution in [0.1, 0.15) is 46.5 Å². The van der Waals surface area contributed by atoms with Crippen LogP contribution in [0.2, 0.25) is 0 Å². The minimum Gasteiger partial charge on any atom is -0.380 e. The number of allylic oxidation sites excluding steroid dienone is 1. The first-order valence-corrected chi connectivity index (χ1v) is 8.38. The standard InChI is InChI=1S/C13H26N2O3.C5H10/c1-12(2)13(16)15-18-10-7-5-4-6-9-17-11-8-14-3;1-4-5(2)3/h14H,1,4-11H2,2-3H3,(H,15,16);4-5H,1H2,2-3H3. The maximum atomic E-state index is 11.0. The number of hydrogen-bond donors (Lipinski definition) is 2. The Morgan fingerprint density at radius 3 is 2.17 bits per heavy atom. The van der Waals surface area contributed by atoms with Gasteiger partial charge in [0.15, 0.2) is 0 Å². The van der Waals surface area contributed by atoms with E-state index in [4.69, 9.17) is 9.57 Å². The molecule has 23 heavy (non-hydrogen) atoms. The summed E-state index contributed by atoms with van der Waals surface area (Å²) in [6, 6.07) is 0. The van der Waals surface area contributed by atoms with E-state index >= 15 is 0 Å². The maximum absolute atomic E-state index is 11.0. The van der Waals surface area contributed by atoms with E-state index in [0.29, 0.717) is 18.1 Å². The molecule has 0 aliphatic carbocycles. The number of ether oxygens (including phenoxy) is 1. The van der Waals surface area contributed by atoms with Gasteiger partial charge in [-0.25, -0.2) is 5.48 Å². The van der Waals surface area contributed by atoms with E-state index < -0.39 is 0 Å². The fraction of sp³-hybridized carbons (Fsp3) is 0.722. The second-order valence-corrected chi connectivity index (χ2v) is 5.67. The Balaban J connectivity index is 0. The Morgan fingerprint density at radius 2 is 1.70 bits per heavy atom. The molecule has 0 bridgehead atoms. The van der Waals surface area contributed by atoms with E-state index in [1.165, 1.54) is 0 Å². The van der Waals surface area contributed by atoms with Crippen LogP contribution in [0.5, 0.6) is 0 Å². The van der Waals surface area contributed by atoms with Crippen molar-refractivity contribution in [1.82, 2.24) is 10.8 Å². The molecular weight excluding hydrogens is 292 g/mol. The molecule has 2 N–H and O–H groups in total. The number of amides is 1. The van der Waals surface area contributed by atoms with E-state index in [0.717, 1.165) is 45.4 Å². The van der Waals surface area contributed by atoms with Gasteiger partial charge in [-0.1, -0.05) is 39.3 Å². The number of nitrogens with one attached hydrogen (secondary N) is 2. The van der Waals surface area contributed by atoms with E-state index in [1.54, 1.807) is 6.92 Å². The summed E-state index contributed by atoms with van der Waals surface area (Å²) >= 11 is 0. The van der Waals surface area contributed by atoms with Gasteiger partial charge in [0.05, 0.1) is 13.2 Å². The summed E-state index contributed by atoms with van der Waals surface area (Å²) in [5.74, 6) is 0.392. The van der Waals surface area contributed by atoms with Crippen molar-refractivity contribution >= 4 is 5.91 Å². The Kier molecular flexibility index (Phi) is 19.8. The fourth-order valence-corrected chi connectivity index (χ4v) is 1.21. The minimum atomic E-state index is -0.257. The van der Waals surface area contributed by atoms with Crippen LogP contribution in [0.15, 0.2) is 24.8 Å². The van der Waals surface area contributed by atoms with E-state index in [1.807, 2.05) is 13.1 Å². The first-order chi connectivity index (χ1) is 11.0. The highest BCUT2D eigenvalue weighted by molar-refractivity contribution is 5.91.